The van der Waals surface area contributed by atoms with E-state index in [1.165, 1.54) is 31.5 Å². The Bertz CT molecular complexity index is 374. The second-order valence-corrected chi connectivity index (χ2v) is 5.19. The third-order valence-corrected chi connectivity index (χ3v) is 4.32. The molecule has 0 spiro atoms. The number of phenols is 1. The van der Waals surface area contributed by atoms with Gasteiger partial charge in [0.1, 0.15) is 5.75 Å². The maximum Gasteiger partial charge on any atom is 0.115 e. The molecule has 0 aromatic heterocycles. The van der Waals surface area contributed by atoms with Crippen LogP contribution in [0.1, 0.15) is 58.9 Å². The van der Waals surface area contributed by atoms with Gasteiger partial charge in [-0.25, -0.2) is 0 Å². The fourth-order valence-electron chi connectivity index (χ4n) is 3.58. The molecule has 1 heterocycles. The molecule has 20 heavy (non-hydrogen) atoms. The summed E-state index contributed by atoms with van der Waals surface area (Å²) in [5.41, 5.74) is 1.41. The molecule has 3 atom stereocenters. The average molecular weight is 277 g/mol. The maximum absolute atomic E-state index is 9.32. The van der Waals surface area contributed by atoms with Crippen molar-refractivity contribution in [3.63, 3.8) is 0 Å². The first-order valence-electron chi connectivity index (χ1n) is 8.31. The minimum absolute atomic E-state index is 0.374. The number of hydrogen-bond acceptors (Lipinski definition) is 2. The standard InChI is InChI=1S/C14H19NO.2C2H6/c1-2-15-9-10-7-13(14(15)8-10)11-3-5-12(16)6-4-11;2*1-2/h3-6,10,13-14,16H,2,7-9H2,1H3;2*1-2H3. The number of fused-ring (bicyclic) bond motifs is 2. The fourth-order valence-corrected chi connectivity index (χ4v) is 3.58. The third-order valence-electron chi connectivity index (χ3n) is 4.32. The van der Waals surface area contributed by atoms with Crippen molar-refractivity contribution >= 4 is 0 Å². The molecule has 1 aromatic rings. The molecule has 2 bridgehead atoms. The molecule has 2 aliphatic rings. The van der Waals surface area contributed by atoms with Crippen LogP contribution in [0, 0.1) is 5.92 Å². The van der Waals surface area contributed by atoms with Gasteiger partial charge in [0, 0.05) is 12.6 Å². The first kappa shape index (κ1) is 17.0. The molecule has 0 amide bonds. The Morgan fingerprint density at radius 3 is 2.15 bits per heavy atom. The SMILES string of the molecule is CC.CC.CCN1CC2CC(c3ccc(O)cc3)C1C2. The van der Waals surface area contributed by atoms with Gasteiger partial charge >= 0.3 is 0 Å². The molecular weight excluding hydrogens is 246 g/mol. The molecule has 1 saturated carbocycles. The molecule has 1 aliphatic carbocycles. The summed E-state index contributed by atoms with van der Waals surface area (Å²) < 4.78 is 0. The van der Waals surface area contributed by atoms with Crippen molar-refractivity contribution < 1.29 is 5.11 Å². The average Bonchev–Trinajstić information content (AvgIpc) is 3.12. The van der Waals surface area contributed by atoms with Gasteiger partial charge in [-0.15, -0.1) is 0 Å². The number of likely N-dealkylation sites (N-methyl/N-ethyl adjacent to an activating group) is 1. The Morgan fingerprint density at radius 1 is 1.05 bits per heavy atom. The number of phenolic OH excluding ortho intramolecular Hbond substituents is 1. The first-order valence-corrected chi connectivity index (χ1v) is 8.31. The minimum atomic E-state index is 0.374. The number of rotatable bonds is 2. The molecule has 2 nitrogen and oxygen atoms in total. The molecular formula is C18H31NO. The lowest BCUT2D eigenvalue weighted by Crippen LogP contribution is -2.36. The maximum atomic E-state index is 9.32. The van der Waals surface area contributed by atoms with Crippen LogP contribution in [0.15, 0.2) is 24.3 Å². The zero-order valence-electron chi connectivity index (χ0n) is 13.8. The second kappa shape index (κ2) is 8.31. The Hall–Kier alpha value is -1.02. The summed E-state index contributed by atoms with van der Waals surface area (Å²) in [6.07, 6.45) is 2.71. The van der Waals surface area contributed by atoms with E-state index in [2.05, 4.69) is 24.0 Å². The Balaban J connectivity index is 0.000000461. The van der Waals surface area contributed by atoms with Crippen LogP contribution in [0.4, 0.5) is 0 Å². The van der Waals surface area contributed by atoms with E-state index in [-0.39, 0.29) is 0 Å². The lowest BCUT2D eigenvalue weighted by molar-refractivity contribution is 0.201. The largest absolute Gasteiger partial charge is 0.508 e. The van der Waals surface area contributed by atoms with Crippen molar-refractivity contribution in [3.05, 3.63) is 29.8 Å². The lowest BCUT2D eigenvalue weighted by Gasteiger charge is -2.32. The van der Waals surface area contributed by atoms with Gasteiger partial charge in [-0.05, 0) is 48.9 Å². The van der Waals surface area contributed by atoms with E-state index in [0.717, 1.165) is 12.0 Å². The van der Waals surface area contributed by atoms with Gasteiger partial charge in [-0.2, -0.15) is 0 Å². The van der Waals surface area contributed by atoms with Gasteiger partial charge in [-0.3, -0.25) is 4.90 Å². The van der Waals surface area contributed by atoms with Crippen molar-refractivity contribution in [2.45, 2.75) is 59.4 Å². The highest BCUT2D eigenvalue weighted by molar-refractivity contribution is 5.31. The van der Waals surface area contributed by atoms with Gasteiger partial charge in [0.2, 0.25) is 0 Å². The van der Waals surface area contributed by atoms with Crippen molar-refractivity contribution in [2.75, 3.05) is 13.1 Å². The fraction of sp³-hybridized carbons (Fsp3) is 0.667. The molecule has 3 unspecified atom stereocenters. The number of piperidine rings is 1. The summed E-state index contributed by atoms with van der Waals surface area (Å²) in [6, 6.07) is 8.57. The lowest BCUT2D eigenvalue weighted by atomic mass is 9.90. The van der Waals surface area contributed by atoms with Gasteiger partial charge in [0.15, 0.2) is 0 Å². The molecule has 3 rings (SSSR count). The minimum Gasteiger partial charge on any atom is -0.508 e. The Kier molecular flexibility index (Phi) is 7.08. The highest BCUT2D eigenvalue weighted by atomic mass is 16.3. The van der Waals surface area contributed by atoms with Crippen LogP contribution in [0.25, 0.3) is 0 Å². The van der Waals surface area contributed by atoms with Crippen LogP contribution >= 0.6 is 0 Å². The summed E-state index contributed by atoms with van der Waals surface area (Å²) >= 11 is 0. The van der Waals surface area contributed by atoms with Crippen LogP contribution in [0.2, 0.25) is 0 Å². The van der Waals surface area contributed by atoms with Crippen LogP contribution in [0.3, 0.4) is 0 Å². The van der Waals surface area contributed by atoms with Gasteiger partial charge in [-0.1, -0.05) is 46.8 Å². The first-order chi connectivity index (χ1) is 9.78. The van der Waals surface area contributed by atoms with E-state index in [4.69, 9.17) is 0 Å². The predicted molar refractivity (Wildman–Crippen MR) is 87.3 cm³/mol. The van der Waals surface area contributed by atoms with Crippen LogP contribution in [-0.2, 0) is 0 Å². The van der Waals surface area contributed by atoms with E-state index >= 15 is 0 Å². The Morgan fingerprint density at radius 2 is 1.65 bits per heavy atom. The van der Waals surface area contributed by atoms with E-state index in [9.17, 15) is 5.11 Å². The molecule has 1 aromatic carbocycles. The summed E-state index contributed by atoms with van der Waals surface area (Å²) in [7, 11) is 0. The highest BCUT2D eigenvalue weighted by Gasteiger charge is 2.44. The van der Waals surface area contributed by atoms with Crippen molar-refractivity contribution in [1.82, 2.24) is 4.90 Å². The second-order valence-electron chi connectivity index (χ2n) is 5.19. The number of hydrogen-bond donors (Lipinski definition) is 1. The van der Waals surface area contributed by atoms with Gasteiger partial charge in [0.05, 0.1) is 0 Å². The van der Waals surface area contributed by atoms with Crippen molar-refractivity contribution in [3.8, 4) is 5.75 Å². The van der Waals surface area contributed by atoms with Crippen LogP contribution in [0.5, 0.6) is 5.75 Å². The molecule has 1 saturated heterocycles. The normalized spacial score (nSPS) is 27.4. The third kappa shape index (κ3) is 3.54. The summed E-state index contributed by atoms with van der Waals surface area (Å²) in [4.78, 5) is 2.62. The molecule has 1 N–H and O–H groups in total. The van der Waals surface area contributed by atoms with E-state index in [1.807, 2.05) is 39.8 Å². The van der Waals surface area contributed by atoms with Gasteiger partial charge in [0.25, 0.3) is 0 Å². The van der Waals surface area contributed by atoms with E-state index < -0.39 is 0 Å². The number of benzene rings is 1. The molecule has 0 radical (unpaired) electrons. The van der Waals surface area contributed by atoms with Crippen LogP contribution < -0.4 is 0 Å². The zero-order chi connectivity index (χ0) is 15.1. The smallest absolute Gasteiger partial charge is 0.115 e. The van der Waals surface area contributed by atoms with Crippen LogP contribution in [-0.4, -0.2) is 29.1 Å². The predicted octanol–water partition coefficient (Wildman–Crippen LogP) is 4.64. The summed E-state index contributed by atoms with van der Waals surface area (Å²) in [5.74, 6) is 1.97. The van der Waals surface area contributed by atoms with Gasteiger partial charge < -0.3 is 5.11 Å². The highest BCUT2D eigenvalue weighted by Crippen LogP contribution is 2.46. The van der Waals surface area contributed by atoms with E-state index in [1.54, 1.807) is 0 Å². The number of likely N-dealkylation sites (tertiary alicyclic amines) is 1. The Labute approximate surface area is 124 Å². The number of nitrogens with zero attached hydrogens (tertiary/aromatic N) is 1. The quantitative estimate of drug-likeness (QED) is 0.851. The van der Waals surface area contributed by atoms with E-state index in [0.29, 0.717) is 11.7 Å². The summed E-state index contributed by atoms with van der Waals surface area (Å²) in [6.45, 7) is 12.7. The monoisotopic (exact) mass is 277 g/mol. The molecule has 114 valence electrons. The molecule has 2 fully saturated rings. The van der Waals surface area contributed by atoms with Crippen molar-refractivity contribution in [2.24, 2.45) is 5.92 Å². The zero-order valence-corrected chi connectivity index (χ0v) is 13.8. The topological polar surface area (TPSA) is 23.5 Å². The molecule has 2 heteroatoms. The number of aromatic hydroxyl groups is 1. The summed E-state index contributed by atoms with van der Waals surface area (Å²) in [5, 5.41) is 9.32. The van der Waals surface area contributed by atoms with Crippen molar-refractivity contribution in [1.29, 1.82) is 0 Å². The molecule has 1 aliphatic heterocycles.